The number of sulfonamides is 1. The summed E-state index contributed by atoms with van der Waals surface area (Å²) < 4.78 is 100. The van der Waals surface area contributed by atoms with Crippen molar-refractivity contribution < 1.29 is 34.7 Å². The van der Waals surface area contributed by atoms with Crippen LogP contribution in [0.5, 0.6) is 0 Å². The van der Waals surface area contributed by atoms with Gasteiger partial charge in [-0.05, 0) is 68.1 Å². The smallest absolute Gasteiger partial charge is 0.223 e. The number of aromatic nitrogens is 3. The Morgan fingerprint density at radius 1 is 0.936 bits per heavy atom. The van der Waals surface area contributed by atoms with E-state index in [0.717, 1.165) is 36.0 Å². The SMILES string of the molecule is CS(=O)(=O)N1CCC(Nc2nccc(-c3sc(C4CCOCC4)nc3-c3ccc(F)c(CS(=O)(=O)c4cc(F)ccc4F)c3)n2)CC1. The number of thiazole rings is 1. The van der Waals surface area contributed by atoms with Crippen molar-refractivity contribution in [2.45, 2.75) is 48.3 Å². The normalized spacial score (nSPS) is 17.2. The molecule has 2 fully saturated rings. The van der Waals surface area contributed by atoms with E-state index in [1.54, 1.807) is 12.3 Å². The molecule has 10 nitrogen and oxygen atoms in total. The van der Waals surface area contributed by atoms with E-state index in [-0.39, 0.29) is 17.5 Å². The van der Waals surface area contributed by atoms with Gasteiger partial charge in [0.15, 0.2) is 9.84 Å². The summed E-state index contributed by atoms with van der Waals surface area (Å²) >= 11 is 1.43. The van der Waals surface area contributed by atoms with Gasteiger partial charge in [-0.2, -0.15) is 0 Å². The number of sulfone groups is 1. The van der Waals surface area contributed by atoms with Crippen molar-refractivity contribution in [2.75, 3.05) is 37.9 Å². The van der Waals surface area contributed by atoms with Crippen LogP contribution in [0.3, 0.4) is 0 Å². The molecule has 4 heterocycles. The summed E-state index contributed by atoms with van der Waals surface area (Å²) in [6.45, 7) is 1.95. The molecule has 2 aromatic heterocycles. The Balaban J connectivity index is 1.33. The zero-order chi connectivity index (χ0) is 33.3. The largest absolute Gasteiger partial charge is 0.381 e. The Hall–Kier alpha value is -3.44. The number of hydrogen-bond donors (Lipinski definition) is 1. The van der Waals surface area contributed by atoms with Gasteiger partial charge in [0.05, 0.1) is 33.3 Å². The zero-order valence-corrected chi connectivity index (χ0v) is 27.8. The van der Waals surface area contributed by atoms with Gasteiger partial charge in [0.1, 0.15) is 22.3 Å². The number of ether oxygens (including phenoxy) is 1. The van der Waals surface area contributed by atoms with Crippen molar-refractivity contribution in [1.29, 1.82) is 0 Å². The fourth-order valence-electron chi connectivity index (χ4n) is 5.72. The fraction of sp³-hybridized carbons (Fsp3) is 0.387. The number of piperidine rings is 1. The maximum absolute atomic E-state index is 15.1. The first-order valence-electron chi connectivity index (χ1n) is 15.0. The summed E-state index contributed by atoms with van der Waals surface area (Å²) in [5.41, 5.74) is 1.23. The molecule has 0 radical (unpaired) electrons. The third kappa shape index (κ3) is 7.67. The van der Waals surface area contributed by atoms with Crippen LogP contribution in [0.1, 0.15) is 42.2 Å². The van der Waals surface area contributed by atoms with Crippen LogP contribution in [0, 0.1) is 17.5 Å². The minimum absolute atomic E-state index is 0.0356. The third-order valence-electron chi connectivity index (χ3n) is 8.25. The zero-order valence-electron chi connectivity index (χ0n) is 25.3. The van der Waals surface area contributed by atoms with E-state index >= 15 is 4.39 Å². The number of nitrogens with zero attached hydrogens (tertiary/aromatic N) is 4. The van der Waals surface area contributed by atoms with Gasteiger partial charge in [0.25, 0.3) is 0 Å². The first-order valence-corrected chi connectivity index (χ1v) is 19.3. The Labute approximate surface area is 275 Å². The number of rotatable bonds is 9. The van der Waals surface area contributed by atoms with Gasteiger partial charge < -0.3 is 10.1 Å². The van der Waals surface area contributed by atoms with Crippen molar-refractivity contribution in [1.82, 2.24) is 19.3 Å². The summed E-state index contributed by atoms with van der Waals surface area (Å²) in [6.07, 6.45) is 5.50. The molecule has 0 bridgehead atoms. The molecular weight excluding hydrogens is 676 g/mol. The van der Waals surface area contributed by atoms with Crippen LogP contribution < -0.4 is 5.32 Å². The van der Waals surface area contributed by atoms with Crippen molar-refractivity contribution in [3.05, 3.63) is 76.7 Å². The first kappa shape index (κ1) is 33.5. The molecule has 0 unspecified atom stereocenters. The summed E-state index contributed by atoms with van der Waals surface area (Å²) in [5, 5.41) is 4.14. The average molecular weight is 708 g/mol. The topological polar surface area (TPSA) is 131 Å². The predicted octanol–water partition coefficient (Wildman–Crippen LogP) is 5.39. The molecule has 6 rings (SSSR count). The molecular formula is C31H32F3N5O5S3. The summed E-state index contributed by atoms with van der Waals surface area (Å²) in [7, 11) is -7.71. The molecule has 16 heteroatoms. The first-order chi connectivity index (χ1) is 22.4. The molecule has 0 spiro atoms. The van der Waals surface area contributed by atoms with Crippen LogP contribution in [0.4, 0.5) is 19.1 Å². The Morgan fingerprint density at radius 2 is 1.66 bits per heavy atom. The van der Waals surface area contributed by atoms with Crippen molar-refractivity contribution >= 4 is 37.1 Å². The Morgan fingerprint density at radius 3 is 2.38 bits per heavy atom. The molecule has 4 aromatic rings. The lowest BCUT2D eigenvalue weighted by molar-refractivity contribution is 0.0853. The van der Waals surface area contributed by atoms with Gasteiger partial charge in [-0.25, -0.2) is 49.3 Å². The molecule has 1 N–H and O–H groups in total. The molecule has 250 valence electrons. The summed E-state index contributed by atoms with van der Waals surface area (Å²) in [5.74, 6) is -3.28. The fourth-order valence-corrected chi connectivity index (χ4v) is 9.27. The van der Waals surface area contributed by atoms with Gasteiger partial charge in [-0.1, -0.05) is 0 Å². The molecule has 2 aliphatic rings. The van der Waals surface area contributed by atoms with E-state index in [1.165, 1.54) is 34.0 Å². The van der Waals surface area contributed by atoms with Gasteiger partial charge in [0.2, 0.25) is 16.0 Å². The van der Waals surface area contributed by atoms with E-state index in [2.05, 4.69) is 10.3 Å². The van der Waals surface area contributed by atoms with Gasteiger partial charge in [-0.3, -0.25) is 0 Å². The van der Waals surface area contributed by atoms with E-state index < -0.39 is 48.0 Å². The maximum Gasteiger partial charge on any atom is 0.223 e. The molecule has 0 amide bonds. The lowest BCUT2D eigenvalue weighted by atomic mass is 10.0. The minimum Gasteiger partial charge on any atom is -0.381 e. The van der Waals surface area contributed by atoms with Crippen LogP contribution >= 0.6 is 11.3 Å². The average Bonchev–Trinajstić information content (AvgIpc) is 3.49. The predicted molar refractivity (Wildman–Crippen MR) is 172 cm³/mol. The van der Waals surface area contributed by atoms with Crippen molar-refractivity contribution in [3.8, 4) is 21.8 Å². The highest BCUT2D eigenvalue weighted by atomic mass is 32.2. The molecule has 2 aromatic carbocycles. The van der Waals surface area contributed by atoms with E-state index in [9.17, 15) is 25.6 Å². The lowest BCUT2D eigenvalue weighted by Gasteiger charge is -2.30. The number of halogens is 3. The lowest BCUT2D eigenvalue weighted by Crippen LogP contribution is -2.42. The molecule has 2 aliphatic heterocycles. The van der Waals surface area contributed by atoms with E-state index in [4.69, 9.17) is 14.7 Å². The number of hydrogen-bond acceptors (Lipinski definition) is 10. The molecule has 0 aliphatic carbocycles. The maximum atomic E-state index is 15.1. The monoisotopic (exact) mass is 707 g/mol. The van der Waals surface area contributed by atoms with Crippen molar-refractivity contribution in [3.63, 3.8) is 0 Å². The Bertz CT molecular complexity index is 2000. The number of nitrogens with one attached hydrogen (secondary N) is 1. The third-order valence-corrected chi connectivity index (χ3v) is 12.5. The van der Waals surface area contributed by atoms with E-state index in [1.807, 2.05) is 0 Å². The summed E-state index contributed by atoms with van der Waals surface area (Å²) in [4.78, 5) is 13.9. The highest BCUT2D eigenvalue weighted by Gasteiger charge is 2.28. The van der Waals surface area contributed by atoms with Crippen LogP contribution in [0.2, 0.25) is 0 Å². The second kappa shape index (κ2) is 13.6. The second-order valence-corrected chi connectivity index (χ2v) is 16.6. The van der Waals surface area contributed by atoms with Crippen LogP contribution in [0.25, 0.3) is 21.8 Å². The number of anilines is 1. The van der Waals surface area contributed by atoms with Crippen LogP contribution in [-0.2, 0) is 30.4 Å². The Kier molecular flexibility index (Phi) is 9.67. The highest BCUT2D eigenvalue weighted by Crippen LogP contribution is 2.41. The molecule has 47 heavy (non-hydrogen) atoms. The van der Waals surface area contributed by atoms with Gasteiger partial charge in [0, 0.05) is 55.6 Å². The molecule has 0 saturated carbocycles. The van der Waals surface area contributed by atoms with E-state index in [0.29, 0.717) is 73.0 Å². The number of benzene rings is 2. The second-order valence-electron chi connectivity index (χ2n) is 11.6. The van der Waals surface area contributed by atoms with Crippen LogP contribution in [0.15, 0.2) is 53.6 Å². The standard InChI is InChI=1S/C31H32F3N5O5S3/c1-46(40,41)39-12-7-23(8-13-39)36-31-35-11-6-26(37-31)29-28(38-30(45-29)19-9-14-44-15-10-19)20-2-4-24(33)21(16-20)18-47(42,43)27-17-22(32)3-5-25(27)34/h2-6,11,16-17,19,23H,7-10,12-15,18H2,1H3,(H,35,36,37). The van der Waals surface area contributed by atoms with Crippen molar-refractivity contribution in [2.24, 2.45) is 0 Å². The van der Waals surface area contributed by atoms with Gasteiger partial charge in [-0.15, -0.1) is 11.3 Å². The minimum atomic E-state index is -4.45. The van der Waals surface area contributed by atoms with Crippen LogP contribution in [-0.4, -0.2) is 74.7 Å². The molecule has 2 saturated heterocycles. The quantitative estimate of drug-likeness (QED) is 0.243. The van der Waals surface area contributed by atoms with Gasteiger partial charge >= 0.3 is 0 Å². The summed E-state index contributed by atoms with van der Waals surface area (Å²) in [6, 6.07) is 7.80. The highest BCUT2D eigenvalue weighted by molar-refractivity contribution is 7.90. The molecule has 0 atom stereocenters.